The minimum absolute atomic E-state index is 0.0345. The highest BCUT2D eigenvalue weighted by Crippen LogP contribution is 2.43. The van der Waals surface area contributed by atoms with Crippen LogP contribution in [0.1, 0.15) is 22.7 Å². The maximum Gasteiger partial charge on any atom is 0.295 e. The smallest absolute Gasteiger partial charge is 0.295 e. The van der Waals surface area contributed by atoms with Crippen molar-refractivity contribution in [1.29, 1.82) is 0 Å². The summed E-state index contributed by atoms with van der Waals surface area (Å²) in [6.45, 7) is 0.921. The van der Waals surface area contributed by atoms with Gasteiger partial charge in [-0.1, -0.05) is 12.1 Å². The molecule has 1 aromatic heterocycles. The minimum atomic E-state index is -0.877. The number of hydrogen-bond acceptors (Lipinski definition) is 8. The lowest BCUT2D eigenvalue weighted by Gasteiger charge is -2.26. The maximum absolute atomic E-state index is 13.3. The molecule has 2 aliphatic heterocycles. The number of aliphatic hydroxyl groups is 1. The summed E-state index contributed by atoms with van der Waals surface area (Å²) in [5.41, 5.74) is 1.62. The fourth-order valence-corrected chi connectivity index (χ4v) is 4.45. The lowest BCUT2D eigenvalue weighted by Crippen LogP contribution is -2.29. The van der Waals surface area contributed by atoms with E-state index in [1.54, 1.807) is 54.9 Å². The van der Waals surface area contributed by atoms with Gasteiger partial charge in [-0.25, -0.2) is 0 Å². The Kier molecular flexibility index (Phi) is 6.20. The van der Waals surface area contributed by atoms with Gasteiger partial charge in [-0.3, -0.25) is 14.6 Å². The average Bonchev–Trinajstić information content (AvgIpc) is 3.17. The van der Waals surface area contributed by atoms with Gasteiger partial charge in [0.1, 0.15) is 19.0 Å². The second kappa shape index (κ2) is 9.61. The first kappa shape index (κ1) is 23.2. The molecule has 2 aliphatic rings. The molecule has 5 rings (SSSR count). The molecule has 2 aromatic carbocycles. The molecule has 9 nitrogen and oxygen atoms in total. The zero-order valence-corrected chi connectivity index (χ0v) is 19.8. The van der Waals surface area contributed by atoms with Gasteiger partial charge in [0.25, 0.3) is 11.7 Å². The molecule has 0 aliphatic carbocycles. The number of nitrogens with zero attached hydrogens (tertiary/aromatic N) is 2. The Bertz CT molecular complexity index is 1350. The van der Waals surface area contributed by atoms with E-state index >= 15 is 0 Å². The van der Waals surface area contributed by atoms with E-state index in [9.17, 15) is 14.7 Å². The zero-order valence-electron chi connectivity index (χ0n) is 19.8. The summed E-state index contributed by atoms with van der Waals surface area (Å²) in [6, 6.07) is 12.7. The SMILES string of the molecule is COc1ccc([C@@H]2/C(=C(\O)c3ccc4c(c3)OCCO4)C(=O)C(=O)N2Cc2cccnc2)cc1OC. The Morgan fingerprint density at radius 2 is 1.81 bits per heavy atom. The van der Waals surface area contributed by atoms with Crippen LogP contribution in [0.4, 0.5) is 0 Å². The van der Waals surface area contributed by atoms with E-state index in [1.807, 2.05) is 6.07 Å². The molecule has 0 radical (unpaired) electrons. The monoisotopic (exact) mass is 488 g/mol. The molecular formula is C27H24N2O7. The number of fused-ring (bicyclic) bond motifs is 1. The summed E-state index contributed by atoms with van der Waals surface area (Å²) in [7, 11) is 3.03. The normalized spacial score (nSPS) is 18.3. The summed E-state index contributed by atoms with van der Waals surface area (Å²) in [5, 5.41) is 11.4. The molecule has 3 heterocycles. The highest BCUT2D eigenvalue weighted by Gasteiger charge is 2.46. The number of pyridine rings is 1. The van der Waals surface area contributed by atoms with Crippen molar-refractivity contribution >= 4 is 17.4 Å². The number of ether oxygens (including phenoxy) is 4. The number of aromatic nitrogens is 1. The molecule has 1 fully saturated rings. The highest BCUT2D eigenvalue weighted by atomic mass is 16.6. The third-order valence-corrected chi connectivity index (χ3v) is 6.15. The summed E-state index contributed by atoms with van der Waals surface area (Å²) in [4.78, 5) is 32.1. The van der Waals surface area contributed by atoms with Gasteiger partial charge in [-0.2, -0.15) is 0 Å². The standard InChI is InChI=1S/C27H24N2O7/c1-33-19-7-5-17(12-21(19)34-2)24-23(25(30)18-6-8-20-22(13-18)36-11-10-35-20)26(31)27(32)29(24)15-16-4-3-9-28-14-16/h3-9,12-14,24,30H,10-11,15H2,1-2H3/b25-23+/t24-/m1/s1. The van der Waals surface area contributed by atoms with Crippen molar-refractivity contribution in [3.63, 3.8) is 0 Å². The number of carbonyl (C=O) groups excluding carboxylic acids is 2. The number of carbonyl (C=O) groups is 2. The Morgan fingerprint density at radius 1 is 1.03 bits per heavy atom. The summed E-state index contributed by atoms with van der Waals surface area (Å²) < 4.78 is 22.0. The van der Waals surface area contributed by atoms with Crippen LogP contribution < -0.4 is 18.9 Å². The maximum atomic E-state index is 13.3. The Labute approximate surface area is 207 Å². The topological polar surface area (TPSA) is 107 Å². The molecule has 184 valence electrons. The predicted octanol–water partition coefficient (Wildman–Crippen LogP) is 3.49. The fraction of sp³-hybridized carbons (Fsp3) is 0.222. The van der Waals surface area contributed by atoms with Crippen LogP contribution in [-0.4, -0.2) is 54.1 Å². The van der Waals surface area contributed by atoms with Gasteiger partial charge < -0.3 is 29.0 Å². The van der Waals surface area contributed by atoms with Crippen molar-refractivity contribution in [3.05, 3.63) is 83.2 Å². The van der Waals surface area contributed by atoms with E-state index in [-0.39, 0.29) is 17.9 Å². The number of Topliss-reactive ketones (excluding diaryl/α,β-unsaturated/α-hetero) is 1. The van der Waals surface area contributed by atoms with Gasteiger partial charge in [0.2, 0.25) is 0 Å². The van der Waals surface area contributed by atoms with E-state index in [0.29, 0.717) is 47.3 Å². The van der Waals surface area contributed by atoms with E-state index in [2.05, 4.69) is 4.98 Å². The van der Waals surface area contributed by atoms with Gasteiger partial charge in [0, 0.05) is 24.5 Å². The molecule has 1 saturated heterocycles. The molecule has 3 aromatic rings. The number of likely N-dealkylation sites (tertiary alicyclic amines) is 1. The molecule has 0 unspecified atom stereocenters. The zero-order chi connectivity index (χ0) is 25.2. The number of benzene rings is 2. The van der Waals surface area contributed by atoms with Crippen molar-refractivity contribution in [2.75, 3.05) is 27.4 Å². The lowest BCUT2D eigenvalue weighted by molar-refractivity contribution is -0.140. The Morgan fingerprint density at radius 3 is 2.53 bits per heavy atom. The lowest BCUT2D eigenvalue weighted by atomic mass is 9.94. The third kappa shape index (κ3) is 4.08. The van der Waals surface area contributed by atoms with E-state index in [4.69, 9.17) is 18.9 Å². The minimum Gasteiger partial charge on any atom is -0.507 e. The second-order valence-electron chi connectivity index (χ2n) is 8.26. The molecule has 0 bridgehead atoms. The van der Waals surface area contributed by atoms with E-state index in [0.717, 1.165) is 5.56 Å². The van der Waals surface area contributed by atoms with Crippen molar-refractivity contribution in [2.24, 2.45) is 0 Å². The van der Waals surface area contributed by atoms with Crippen LogP contribution in [0.3, 0.4) is 0 Å². The third-order valence-electron chi connectivity index (χ3n) is 6.15. The number of aliphatic hydroxyl groups excluding tert-OH is 1. The molecule has 1 N–H and O–H groups in total. The molecule has 0 spiro atoms. The first-order valence-electron chi connectivity index (χ1n) is 11.3. The van der Waals surface area contributed by atoms with Gasteiger partial charge in [-0.15, -0.1) is 0 Å². The average molecular weight is 488 g/mol. The quantitative estimate of drug-likeness (QED) is 0.319. The molecule has 36 heavy (non-hydrogen) atoms. The molecule has 1 atom stereocenters. The summed E-state index contributed by atoms with van der Waals surface area (Å²) in [5.74, 6) is 0.116. The number of ketones is 1. The van der Waals surface area contributed by atoms with Crippen LogP contribution in [0.2, 0.25) is 0 Å². The fourth-order valence-electron chi connectivity index (χ4n) is 4.45. The Hall–Kier alpha value is -4.53. The number of amides is 1. The summed E-state index contributed by atoms with van der Waals surface area (Å²) in [6.07, 6.45) is 3.26. The molecule has 9 heteroatoms. The summed E-state index contributed by atoms with van der Waals surface area (Å²) >= 11 is 0. The van der Waals surface area contributed by atoms with Crippen molar-refractivity contribution in [2.45, 2.75) is 12.6 Å². The van der Waals surface area contributed by atoms with Crippen LogP contribution in [0, 0.1) is 0 Å². The van der Waals surface area contributed by atoms with Crippen LogP contribution in [0.25, 0.3) is 5.76 Å². The van der Waals surface area contributed by atoms with Gasteiger partial charge in [0.15, 0.2) is 23.0 Å². The first-order chi connectivity index (χ1) is 17.5. The molecule has 1 amide bonds. The van der Waals surface area contributed by atoms with Crippen LogP contribution >= 0.6 is 0 Å². The molecular weight excluding hydrogens is 464 g/mol. The van der Waals surface area contributed by atoms with Crippen molar-refractivity contribution < 1.29 is 33.6 Å². The van der Waals surface area contributed by atoms with Gasteiger partial charge in [0.05, 0.1) is 25.8 Å². The highest BCUT2D eigenvalue weighted by molar-refractivity contribution is 6.46. The second-order valence-corrected chi connectivity index (χ2v) is 8.26. The first-order valence-corrected chi connectivity index (χ1v) is 11.3. The number of hydrogen-bond donors (Lipinski definition) is 1. The van der Waals surface area contributed by atoms with E-state index < -0.39 is 17.7 Å². The van der Waals surface area contributed by atoms with Gasteiger partial charge in [-0.05, 0) is 47.5 Å². The number of rotatable bonds is 6. The van der Waals surface area contributed by atoms with E-state index in [1.165, 1.54) is 19.1 Å². The Balaban J connectivity index is 1.65. The number of methoxy groups -OCH3 is 2. The molecule has 0 saturated carbocycles. The van der Waals surface area contributed by atoms with Crippen molar-refractivity contribution in [1.82, 2.24) is 9.88 Å². The van der Waals surface area contributed by atoms with Crippen LogP contribution in [0.15, 0.2) is 66.5 Å². The largest absolute Gasteiger partial charge is 0.507 e. The van der Waals surface area contributed by atoms with Gasteiger partial charge >= 0.3 is 0 Å². The van der Waals surface area contributed by atoms with Crippen LogP contribution in [0.5, 0.6) is 23.0 Å². The predicted molar refractivity (Wildman–Crippen MR) is 129 cm³/mol. The van der Waals surface area contributed by atoms with Crippen LogP contribution in [-0.2, 0) is 16.1 Å². The van der Waals surface area contributed by atoms with Crippen molar-refractivity contribution in [3.8, 4) is 23.0 Å².